The first kappa shape index (κ1) is 12.9. The Bertz CT molecular complexity index is 294. The van der Waals surface area contributed by atoms with Gasteiger partial charge in [-0.05, 0) is 37.0 Å². The lowest BCUT2D eigenvalue weighted by Crippen LogP contribution is -2.35. The number of carboxylic acids is 1. The van der Waals surface area contributed by atoms with Gasteiger partial charge in [0.05, 0.1) is 18.1 Å². The molecular weight excluding hydrogens is 216 g/mol. The second-order valence-electron chi connectivity index (χ2n) is 6.30. The second kappa shape index (κ2) is 4.60. The fourth-order valence-corrected chi connectivity index (χ4v) is 2.89. The summed E-state index contributed by atoms with van der Waals surface area (Å²) in [7, 11) is 0. The van der Waals surface area contributed by atoms with Gasteiger partial charge in [0.15, 0.2) is 0 Å². The van der Waals surface area contributed by atoms with E-state index >= 15 is 0 Å². The number of carbonyl (C=O) groups is 1. The predicted octanol–water partition coefficient (Wildman–Crippen LogP) is 3.08. The lowest BCUT2D eigenvalue weighted by molar-refractivity contribution is -0.146. The molecule has 3 heteroatoms. The monoisotopic (exact) mass is 240 g/mol. The van der Waals surface area contributed by atoms with Crippen LogP contribution in [0.15, 0.2) is 0 Å². The van der Waals surface area contributed by atoms with Crippen LogP contribution in [0.25, 0.3) is 0 Å². The van der Waals surface area contributed by atoms with Crippen molar-refractivity contribution >= 4 is 5.97 Å². The van der Waals surface area contributed by atoms with Crippen LogP contribution in [0.1, 0.15) is 52.9 Å². The Morgan fingerprint density at radius 3 is 2.47 bits per heavy atom. The molecule has 2 rings (SSSR count). The molecule has 2 fully saturated rings. The van der Waals surface area contributed by atoms with Crippen molar-refractivity contribution in [1.82, 2.24) is 0 Å². The topological polar surface area (TPSA) is 46.5 Å². The Hall–Kier alpha value is -0.570. The molecule has 0 amide bonds. The molecule has 1 saturated carbocycles. The fraction of sp³-hybridized carbons (Fsp3) is 0.929. The highest BCUT2D eigenvalue weighted by Crippen LogP contribution is 2.45. The zero-order valence-corrected chi connectivity index (χ0v) is 11.1. The van der Waals surface area contributed by atoms with E-state index in [1.807, 2.05) is 0 Å². The van der Waals surface area contributed by atoms with Crippen LogP contribution < -0.4 is 0 Å². The number of hydrogen-bond acceptors (Lipinski definition) is 2. The number of hydrogen-bond donors (Lipinski definition) is 1. The Balaban J connectivity index is 2.08. The molecule has 17 heavy (non-hydrogen) atoms. The third-order valence-electron chi connectivity index (χ3n) is 4.90. The largest absolute Gasteiger partial charge is 0.481 e. The lowest BCUT2D eigenvalue weighted by Gasteiger charge is -2.35. The Morgan fingerprint density at radius 1 is 1.41 bits per heavy atom. The summed E-state index contributed by atoms with van der Waals surface area (Å²) in [6.07, 6.45) is 5.33. The van der Waals surface area contributed by atoms with Crippen LogP contribution in [0.4, 0.5) is 0 Å². The minimum Gasteiger partial charge on any atom is -0.481 e. The molecular formula is C14H24O3. The van der Waals surface area contributed by atoms with Crippen molar-refractivity contribution in [3.05, 3.63) is 0 Å². The quantitative estimate of drug-likeness (QED) is 0.821. The molecule has 0 bridgehead atoms. The normalized spacial score (nSPS) is 34.6. The first-order chi connectivity index (χ1) is 7.95. The Morgan fingerprint density at radius 2 is 2.06 bits per heavy atom. The molecule has 0 aromatic carbocycles. The van der Waals surface area contributed by atoms with Crippen LogP contribution in [-0.4, -0.2) is 23.3 Å². The second-order valence-corrected chi connectivity index (χ2v) is 6.30. The van der Waals surface area contributed by atoms with Crippen LogP contribution in [-0.2, 0) is 9.53 Å². The number of carboxylic acid groups (broad SMARTS) is 1. The number of aliphatic carboxylic acids is 1. The highest BCUT2D eigenvalue weighted by Gasteiger charge is 2.48. The van der Waals surface area contributed by atoms with Crippen LogP contribution in [0, 0.1) is 17.3 Å². The molecule has 1 aliphatic heterocycles. The van der Waals surface area contributed by atoms with Crippen molar-refractivity contribution in [2.45, 2.75) is 65.1 Å². The third kappa shape index (κ3) is 2.35. The van der Waals surface area contributed by atoms with E-state index in [0.29, 0.717) is 12.3 Å². The zero-order valence-electron chi connectivity index (χ0n) is 11.1. The molecule has 1 heterocycles. The average molecular weight is 240 g/mol. The molecule has 0 spiro atoms. The Labute approximate surface area is 104 Å². The van der Waals surface area contributed by atoms with E-state index in [2.05, 4.69) is 20.8 Å². The maximum Gasteiger partial charge on any atom is 0.309 e. The maximum atomic E-state index is 11.3. The van der Waals surface area contributed by atoms with Crippen molar-refractivity contribution in [3.63, 3.8) is 0 Å². The molecule has 0 aromatic heterocycles. The van der Waals surface area contributed by atoms with Crippen LogP contribution >= 0.6 is 0 Å². The van der Waals surface area contributed by atoms with Crippen molar-refractivity contribution in [2.75, 3.05) is 0 Å². The van der Waals surface area contributed by atoms with Gasteiger partial charge in [-0.25, -0.2) is 0 Å². The van der Waals surface area contributed by atoms with Gasteiger partial charge in [0.25, 0.3) is 0 Å². The van der Waals surface area contributed by atoms with Crippen molar-refractivity contribution in [2.24, 2.45) is 17.3 Å². The third-order valence-corrected chi connectivity index (χ3v) is 4.90. The van der Waals surface area contributed by atoms with Gasteiger partial charge in [-0.1, -0.05) is 27.2 Å². The summed E-state index contributed by atoms with van der Waals surface area (Å²) >= 11 is 0. The van der Waals surface area contributed by atoms with E-state index in [1.165, 1.54) is 6.42 Å². The highest BCUT2D eigenvalue weighted by atomic mass is 16.5. The molecule has 1 aliphatic carbocycles. The van der Waals surface area contributed by atoms with Crippen LogP contribution in [0.2, 0.25) is 0 Å². The van der Waals surface area contributed by atoms with E-state index < -0.39 is 5.97 Å². The van der Waals surface area contributed by atoms with Crippen LogP contribution in [0.3, 0.4) is 0 Å². The first-order valence-corrected chi connectivity index (χ1v) is 6.84. The van der Waals surface area contributed by atoms with Gasteiger partial charge >= 0.3 is 5.97 Å². The molecule has 0 radical (unpaired) electrons. The molecule has 1 N–H and O–H groups in total. The van der Waals surface area contributed by atoms with E-state index in [-0.39, 0.29) is 23.5 Å². The van der Waals surface area contributed by atoms with Gasteiger partial charge in [0.2, 0.25) is 0 Å². The van der Waals surface area contributed by atoms with E-state index in [1.54, 1.807) is 0 Å². The molecule has 3 atom stereocenters. The van der Waals surface area contributed by atoms with Gasteiger partial charge < -0.3 is 9.84 Å². The minimum atomic E-state index is -0.670. The van der Waals surface area contributed by atoms with E-state index in [0.717, 1.165) is 19.3 Å². The van der Waals surface area contributed by atoms with Crippen molar-refractivity contribution in [1.29, 1.82) is 0 Å². The molecule has 2 aliphatic rings. The van der Waals surface area contributed by atoms with Gasteiger partial charge in [-0.3, -0.25) is 4.79 Å². The zero-order chi connectivity index (χ0) is 12.6. The minimum absolute atomic E-state index is 0.0305. The summed E-state index contributed by atoms with van der Waals surface area (Å²) in [5, 5.41) is 9.33. The molecule has 98 valence electrons. The van der Waals surface area contributed by atoms with Gasteiger partial charge in [0, 0.05) is 0 Å². The van der Waals surface area contributed by atoms with Crippen molar-refractivity contribution < 1.29 is 14.6 Å². The number of rotatable bonds is 4. The van der Waals surface area contributed by atoms with E-state index in [4.69, 9.17) is 4.74 Å². The summed E-state index contributed by atoms with van der Waals surface area (Å²) < 4.78 is 6.11. The van der Waals surface area contributed by atoms with E-state index in [9.17, 15) is 9.90 Å². The summed E-state index contributed by atoms with van der Waals surface area (Å²) in [6, 6.07) is 0. The summed E-state index contributed by atoms with van der Waals surface area (Å²) in [5.41, 5.74) is 0.0895. The lowest BCUT2D eigenvalue weighted by atomic mass is 9.75. The van der Waals surface area contributed by atoms with Gasteiger partial charge in [-0.15, -0.1) is 0 Å². The van der Waals surface area contributed by atoms with Crippen molar-refractivity contribution in [3.8, 4) is 0 Å². The average Bonchev–Trinajstić information content (AvgIpc) is 2.60. The summed E-state index contributed by atoms with van der Waals surface area (Å²) in [5.74, 6) is -0.457. The van der Waals surface area contributed by atoms with Gasteiger partial charge in [0.1, 0.15) is 0 Å². The fourth-order valence-electron chi connectivity index (χ4n) is 2.89. The molecule has 3 nitrogen and oxygen atoms in total. The summed E-state index contributed by atoms with van der Waals surface area (Å²) in [6.45, 7) is 6.51. The van der Waals surface area contributed by atoms with Gasteiger partial charge in [-0.2, -0.15) is 0 Å². The highest BCUT2D eigenvalue weighted by molar-refractivity contribution is 5.71. The Kier molecular flexibility index (Phi) is 3.48. The molecule has 1 saturated heterocycles. The first-order valence-electron chi connectivity index (χ1n) is 6.84. The standard InChI is InChI=1S/C14H24O3/c1-4-14(2,3)11-8-10(13(15)16)12(17-11)9-6-5-7-9/h9-12H,4-8H2,1-3H3,(H,15,16). The SMILES string of the molecule is CCC(C)(C)C1CC(C(=O)O)C(C2CCC2)O1. The maximum absolute atomic E-state index is 11.3. The summed E-state index contributed by atoms with van der Waals surface area (Å²) in [4.78, 5) is 11.3. The molecule has 3 unspecified atom stereocenters. The number of ether oxygens (including phenoxy) is 1. The smallest absolute Gasteiger partial charge is 0.309 e. The van der Waals surface area contributed by atoms with Crippen LogP contribution in [0.5, 0.6) is 0 Å². The predicted molar refractivity (Wildman–Crippen MR) is 65.8 cm³/mol. The molecule has 0 aromatic rings.